The molecule has 0 saturated carbocycles. The summed E-state index contributed by atoms with van der Waals surface area (Å²) in [6.07, 6.45) is 7.87. The van der Waals surface area contributed by atoms with Crippen molar-refractivity contribution < 1.29 is 4.74 Å². The molecule has 0 bridgehead atoms. The number of hydrogen-bond acceptors (Lipinski definition) is 5. The Morgan fingerprint density at radius 1 is 1.48 bits per heavy atom. The van der Waals surface area contributed by atoms with Crippen molar-refractivity contribution in [2.24, 2.45) is 12.0 Å². The number of aromatic nitrogens is 3. The van der Waals surface area contributed by atoms with E-state index in [1.165, 1.54) is 9.88 Å². The van der Waals surface area contributed by atoms with Crippen molar-refractivity contribution in [2.75, 3.05) is 33.3 Å². The summed E-state index contributed by atoms with van der Waals surface area (Å²) in [4.78, 5) is 12.5. The Balaban J connectivity index is 1.53. The van der Waals surface area contributed by atoms with Crippen LogP contribution in [0.1, 0.15) is 28.5 Å². The zero-order valence-electron chi connectivity index (χ0n) is 15.1. The fourth-order valence-electron chi connectivity index (χ4n) is 2.89. The van der Waals surface area contributed by atoms with Crippen molar-refractivity contribution in [3.63, 3.8) is 0 Å². The van der Waals surface area contributed by atoms with Crippen LogP contribution < -0.4 is 5.32 Å². The van der Waals surface area contributed by atoms with Crippen molar-refractivity contribution in [3.8, 4) is 0 Å². The molecule has 0 aliphatic carbocycles. The number of nitrogens with zero attached hydrogens (tertiary/aromatic N) is 5. The van der Waals surface area contributed by atoms with Crippen molar-refractivity contribution in [1.82, 2.24) is 25.0 Å². The molecule has 1 unspecified atom stereocenters. The van der Waals surface area contributed by atoms with Gasteiger partial charge in [0.2, 0.25) is 0 Å². The van der Waals surface area contributed by atoms with Gasteiger partial charge >= 0.3 is 0 Å². The number of guanidine groups is 1. The molecule has 1 saturated heterocycles. The lowest BCUT2D eigenvalue weighted by Gasteiger charge is -2.34. The number of hydrogen-bond donors (Lipinski definition) is 1. The highest BCUT2D eigenvalue weighted by atomic mass is 32.1. The van der Waals surface area contributed by atoms with Gasteiger partial charge in [-0.05, 0) is 6.42 Å². The molecule has 2 aromatic heterocycles. The van der Waals surface area contributed by atoms with E-state index in [0.717, 1.165) is 44.0 Å². The zero-order valence-corrected chi connectivity index (χ0v) is 15.9. The maximum atomic E-state index is 5.91. The van der Waals surface area contributed by atoms with E-state index in [9.17, 15) is 0 Å². The second-order valence-corrected chi connectivity index (χ2v) is 7.25. The van der Waals surface area contributed by atoms with Gasteiger partial charge in [0.25, 0.3) is 0 Å². The molecule has 0 aromatic carbocycles. The Kier molecular flexibility index (Phi) is 6.04. The van der Waals surface area contributed by atoms with Gasteiger partial charge in [0.05, 0.1) is 24.4 Å². The molecule has 0 amide bonds. The second-order valence-electron chi connectivity index (χ2n) is 6.05. The van der Waals surface area contributed by atoms with Crippen molar-refractivity contribution in [1.29, 1.82) is 0 Å². The van der Waals surface area contributed by atoms with Crippen molar-refractivity contribution in [3.05, 3.63) is 34.0 Å². The lowest BCUT2D eigenvalue weighted by atomic mass is 10.1. The van der Waals surface area contributed by atoms with Gasteiger partial charge < -0.3 is 15.0 Å². The van der Waals surface area contributed by atoms with Crippen molar-refractivity contribution in [2.45, 2.75) is 25.9 Å². The molecule has 1 aliphatic heterocycles. The van der Waals surface area contributed by atoms with Gasteiger partial charge in [-0.3, -0.25) is 9.67 Å². The van der Waals surface area contributed by atoms with E-state index in [0.29, 0.717) is 6.61 Å². The van der Waals surface area contributed by atoms with E-state index in [2.05, 4.69) is 32.2 Å². The molecule has 25 heavy (non-hydrogen) atoms. The minimum absolute atomic E-state index is 0.0343. The number of rotatable bonds is 5. The van der Waals surface area contributed by atoms with Gasteiger partial charge in [0.15, 0.2) is 5.96 Å². The van der Waals surface area contributed by atoms with E-state index >= 15 is 0 Å². The van der Waals surface area contributed by atoms with Crippen LogP contribution in [0.25, 0.3) is 0 Å². The summed E-state index contributed by atoms with van der Waals surface area (Å²) in [6.45, 7) is 5.30. The summed E-state index contributed by atoms with van der Waals surface area (Å²) in [5.41, 5.74) is 1.11. The van der Waals surface area contributed by atoms with Gasteiger partial charge in [-0.2, -0.15) is 5.10 Å². The molecule has 7 nitrogen and oxygen atoms in total. The molecule has 1 fully saturated rings. The molecule has 1 atom stereocenters. The van der Waals surface area contributed by atoms with E-state index in [4.69, 9.17) is 4.74 Å². The third kappa shape index (κ3) is 4.58. The first-order valence-corrected chi connectivity index (χ1v) is 9.50. The minimum atomic E-state index is 0.0343. The molecule has 1 aliphatic rings. The normalized spacial score (nSPS) is 18.6. The standard InChI is InChI=1S/C17H26N6OS/c1-4-14-10-20-16(25-14)5-6-19-17(18-2)23-7-8-24-15(12-23)13-9-21-22(3)11-13/h9-11,15H,4-8,12H2,1-3H3,(H,18,19). The van der Waals surface area contributed by atoms with Crippen LogP contribution in [0.3, 0.4) is 0 Å². The van der Waals surface area contributed by atoms with Gasteiger partial charge in [-0.1, -0.05) is 6.92 Å². The van der Waals surface area contributed by atoms with E-state index in [1.54, 1.807) is 11.3 Å². The van der Waals surface area contributed by atoms with E-state index < -0.39 is 0 Å². The molecule has 2 aromatic rings. The highest BCUT2D eigenvalue weighted by molar-refractivity contribution is 7.11. The van der Waals surface area contributed by atoms with Crippen LogP contribution in [0.4, 0.5) is 0 Å². The van der Waals surface area contributed by atoms with E-state index in [-0.39, 0.29) is 6.10 Å². The summed E-state index contributed by atoms with van der Waals surface area (Å²) >= 11 is 1.79. The monoisotopic (exact) mass is 362 g/mol. The zero-order chi connectivity index (χ0) is 17.6. The van der Waals surface area contributed by atoms with Crippen LogP contribution in [0.5, 0.6) is 0 Å². The molecule has 3 heterocycles. The molecule has 136 valence electrons. The maximum Gasteiger partial charge on any atom is 0.193 e. The van der Waals surface area contributed by atoms with Crippen molar-refractivity contribution >= 4 is 17.3 Å². The highest BCUT2D eigenvalue weighted by Gasteiger charge is 2.25. The third-order valence-electron chi connectivity index (χ3n) is 4.25. The molecular formula is C17H26N6OS. The average Bonchev–Trinajstić information content (AvgIpc) is 3.27. The van der Waals surface area contributed by atoms with Gasteiger partial charge in [-0.15, -0.1) is 11.3 Å². The number of aryl methyl sites for hydroxylation is 2. The first-order chi connectivity index (χ1) is 12.2. The number of nitrogens with one attached hydrogen (secondary N) is 1. The molecule has 0 spiro atoms. The summed E-state index contributed by atoms with van der Waals surface area (Å²) in [5, 5.41) is 8.87. The summed E-state index contributed by atoms with van der Waals surface area (Å²) in [5.74, 6) is 0.921. The molecular weight excluding hydrogens is 336 g/mol. The van der Waals surface area contributed by atoms with Crippen LogP contribution in [0, 0.1) is 0 Å². The first kappa shape index (κ1) is 17.9. The highest BCUT2D eigenvalue weighted by Crippen LogP contribution is 2.21. The van der Waals surface area contributed by atoms with Gasteiger partial charge in [-0.25, -0.2) is 4.98 Å². The van der Waals surface area contributed by atoms with Crippen LogP contribution in [0.2, 0.25) is 0 Å². The molecule has 0 radical (unpaired) electrons. The predicted molar refractivity (Wildman–Crippen MR) is 100 cm³/mol. The second kappa shape index (κ2) is 8.44. The predicted octanol–water partition coefficient (Wildman–Crippen LogP) is 1.63. The fraction of sp³-hybridized carbons (Fsp3) is 0.588. The van der Waals surface area contributed by atoms with Crippen LogP contribution in [0.15, 0.2) is 23.6 Å². The maximum absolute atomic E-state index is 5.91. The first-order valence-electron chi connectivity index (χ1n) is 8.69. The number of ether oxygens (including phenoxy) is 1. The van der Waals surface area contributed by atoms with E-state index in [1.807, 2.05) is 37.4 Å². The van der Waals surface area contributed by atoms with Gasteiger partial charge in [0, 0.05) is 56.4 Å². The fourth-order valence-corrected chi connectivity index (χ4v) is 3.75. The quantitative estimate of drug-likeness (QED) is 0.647. The molecule has 1 N–H and O–H groups in total. The minimum Gasteiger partial charge on any atom is -0.370 e. The lowest BCUT2D eigenvalue weighted by Crippen LogP contribution is -2.48. The Labute approximate surface area is 152 Å². The van der Waals surface area contributed by atoms with Crippen LogP contribution >= 0.6 is 11.3 Å². The molecule has 8 heteroatoms. The number of aliphatic imine (C=N–C) groups is 1. The summed E-state index contributed by atoms with van der Waals surface area (Å²) in [6, 6.07) is 0. The Hall–Kier alpha value is -1.93. The number of thiazole rings is 1. The van der Waals surface area contributed by atoms with Crippen LogP contribution in [-0.2, 0) is 24.6 Å². The average molecular weight is 363 g/mol. The third-order valence-corrected chi connectivity index (χ3v) is 5.45. The number of morpholine rings is 1. The SMILES string of the molecule is CCc1cnc(CCNC(=NC)N2CCOC(c3cnn(C)c3)C2)s1. The summed E-state index contributed by atoms with van der Waals surface area (Å²) in [7, 11) is 3.75. The van der Waals surface area contributed by atoms with Crippen LogP contribution in [-0.4, -0.2) is 58.9 Å². The topological polar surface area (TPSA) is 67.6 Å². The van der Waals surface area contributed by atoms with Gasteiger partial charge in [0.1, 0.15) is 6.10 Å². The largest absolute Gasteiger partial charge is 0.370 e. The smallest absolute Gasteiger partial charge is 0.193 e. The lowest BCUT2D eigenvalue weighted by molar-refractivity contribution is -0.00800. The Morgan fingerprint density at radius 2 is 2.36 bits per heavy atom. The summed E-state index contributed by atoms with van der Waals surface area (Å²) < 4.78 is 7.71. The Bertz CT molecular complexity index is 710. The molecule has 3 rings (SSSR count). The Morgan fingerprint density at radius 3 is 3.04 bits per heavy atom.